The summed E-state index contributed by atoms with van der Waals surface area (Å²) in [5, 5.41) is 1.24. The summed E-state index contributed by atoms with van der Waals surface area (Å²) in [6, 6.07) is 10.3. The smallest absolute Gasteiger partial charge is 0.240 e. The van der Waals surface area contributed by atoms with Crippen molar-refractivity contribution in [2.24, 2.45) is 5.73 Å². The second-order valence-corrected chi connectivity index (χ2v) is 9.44. The molecule has 1 aromatic heterocycles. The second kappa shape index (κ2) is 9.98. The fourth-order valence-corrected chi connectivity index (χ4v) is 5.36. The summed E-state index contributed by atoms with van der Waals surface area (Å²) in [7, 11) is 0. The van der Waals surface area contributed by atoms with Crippen LogP contribution in [0.1, 0.15) is 25.0 Å². The average molecular weight is 428 g/mol. The zero-order valence-electron chi connectivity index (χ0n) is 17.9. The molecule has 2 aromatic rings. The van der Waals surface area contributed by atoms with Crippen LogP contribution in [0.3, 0.4) is 0 Å². The monoisotopic (exact) mass is 427 g/mol. The van der Waals surface area contributed by atoms with Crippen LogP contribution < -0.4 is 10.6 Å². The van der Waals surface area contributed by atoms with Crippen LogP contribution in [0.5, 0.6) is 0 Å². The molecule has 0 aliphatic carbocycles. The molecule has 2 aliphatic heterocycles. The van der Waals surface area contributed by atoms with Crippen LogP contribution in [-0.4, -0.2) is 77.6 Å². The normalized spacial score (nSPS) is 18.9. The molecule has 0 radical (unpaired) electrons. The van der Waals surface area contributed by atoms with Gasteiger partial charge in [-0.25, -0.2) is 0 Å². The fraction of sp³-hybridized carbons (Fsp3) is 0.565. The molecule has 6 nitrogen and oxygen atoms in total. The minimum atomic E-state index is -0.330. The Hall–Kier alpha value is -1.83. The highest BCUT2D eigenvalue weighted by molar-refractivity contribution is 7.99. The van der Waals surface area contributed by atoms with Crippen molar-refractivity contribution in [1.82, 2.24) is 14.8 Å². The van der Waals surface area contributed by atoms with E-state index in [2.05, 4.69) is 52.0 Å². The molecule has 1 aromatic carbocycles. The molecule has 3 heterocycles. The van der Waals surface area contributed by atoms with Crippen molar-refractivity contribution in [2.45, 2.75) is 32.2 Å². The lowest BCUT2D eigenvalue weighted by molar-refractivity contribution is -0.131. The first kappa shape index (κ1) is 21.4. The maximum absolute atomic E-state index is 12.3. The number of amides is 1. The number of hydrogen-bond acceptors (Lipinski definition) is 6. The summed E-state index contributed by atoms with van der Waals surface area (Å²) < 4.78 is 0. The van der Waals surface area contributed by atoms with Crippen LogP contribution in [0.15, 0.2) is 30.3 Å². The third kappa shape index (κ3) is 5.07. The summed E-state index contributed by atoms with van der Waals surface area (Å²) in [5.74, 6) is 1.98. The number of thioether (sulfide) groups is 1. The number of fused-ring (bicyclic) bond motifs is 1. The van der Waals surface area contributed by atoms with Gasteiger partial charge < -0.3 is 15.5 Å². The molecule has 0 spiro atoms. The molecule has 162 valence electrons. The Labute approximate surface area is 183 Å². The van der Waals surface area contributed by atoms with Gasteiger partial charge in [0, 0.05) is 55.2 Å². The molecule has 1 atom stereocenters. The van der Waals surface area contributed by atoms with Gasteiger partial charge in [0.25, 0.3) is 0 Å². The topological polar surface area (TPSA) is 65.7 Å². The molecule has 2 saturated heterocycles. The Balaban J connectivity index is 1.21. The molecule has 0 saturated carbocycles. The van der Waals surface area contributed by atoms with E-state index in [1.807, 2.05) is 16.7 Å². The van der Waals surface area contributed by atoms with Gasteiger partial charge in [-0.3, -0.25) is 14.7 Å². The van der Waals surface area contributed by atoms with Gasteiger partial charge >= 0.3 is 0 Å². The lowest BCUT2D eigenvalue weighted by atomic mass is 10.1. The number of nitrogens with zero attached hydrogens (tertiary/aromatic N) is 4. The molecule has 2 fully saturated rings. The minimum Gasteiger partial charge on any atom is -0.368 e. The first-order chi connectivity index (χ1) is 14.6. The van der Waals surface area contributed by atoms with Crippen LogP contribution in [0, 0.1) is 6.92 Å². The number of anilines is 1. The number of aromatic nitrogens is 1. The van der Waals surface area contributed by atoms with E-state index in [9.17, 15) is 4.79 Å². The maximum atomic E-state index is 12.3. The van der Waals surface area contributed by atoms with Gasteiger partial charge in [0.1, 0.15) is 0 Å². The minimum absolute atomic E-state index is 0.133. The molecule has 4 rings (SSSR count). The quantitative estimate of drug-likeness (QED) is 0.686. The Morgan fingerprint density at radius 1 is 1.17 bits per heavy atom. The Bertz CT molecular complexity index is 862. The number of rotatable bonds is 7. The van der Waals surface area contributed by atoms with E-state index in [1.165, 1.54) is 11.1 Å². The molecular formula is C23H33N5OS. The van der Waals surface area contributed by atoms with Crippen molar-refractivity contribution < 1.29 is 4.79 Å². The van der Waals surface area contributed by atoms with E-state index in [4.69, 9.17) is 5.73 Å². The number of para-hydroxylation sites is 1. The fourth-order valence-electron chi connectivity index (χ4n) is 4.41. The lowest BCUT2D eigenvalue weighted by Crippen LogP contribution is -2.46. The van der Waals surface area contributed by atoms with Crippen molar-refractivity contribution in [3.8, 4) is 0 Å². The number of piperazine rings is 1. The van der Waals surface area contributed by atoms with Gasteiger partial charge in [-0.1, -0.05) is 24.6 Å². The van der Waals surface area contributed by atoms with E-state index >= 15 is 0 Å². The lowest BCUT2D eigenvalue weighted by Gasteiger charge is -2.36. The second-order valence-electron chi connectivity index (χ2n) is 8.37. The highest BCUT2D eigenvalue weighted by atomic mass is 32.2. The van der Waals surface area contributed by atoms with Crippen molar-refractivity contribution >= 4 is 34.3 Å². The predicted octanol–water partition coefficient (Wildman–Crippen LogP) is 2.70. The number of nitrogens with two attached hydrogens (primary N) is 1. The third-order valence-electron chi connectivity index (χ3n) is 6.16. The van der Waals surface area contributed by atoms with Gasteiger partial charge in [0.2, 0.25) is 5.91 Å². The molecule has 30 heavy (non-hydrogen) atoms. The Morgan fingerprint density at radius 3 is 2.73 bits per heavy atom. The van der Waals surface area contributed by atoms with E-state index in [1.54, 1.807) is 0 Å². The summed E-state index contributed by atoms with van der Waals surface area (Å²) in [4.78, 5) is 23.9. The molecule has 2 N–H and O–H groups in total. The molecular weight excluding hydrogens is 394 g/mol. The van der Waals surface area contributed by atoms with Crippen LogP contribution in [0.25, 0.3) is 10.9 Å². The van der Waals surface area contributed by atoms with E-state index in [0.717, 1.165) is 81.4 Å². The van der Waals surface area contributed by atoms with Crippen LogP contribution in [0.2, 0.25) is 0 Å². The van der Waals surface area contributed by atoms with Crippen molar-refractivity contribution in [1.29, 1.82) is 0 Å². The first-order valence-electron chi connectivity index (χ1n) is 11.1. The zero-order valence-corrected chi connectivity index (χ0v) is 18.7. The van der Waals surface area contributed by atoms with Crippen LogP contribution in [-0.2, 0) is 4.79 Å². The van der Waals surface area contributed by atoms with E-state index < -0.39 is 0 Å². The van der Waals surface area contributed by atoms with Gasteiger partial charge in [-0.05, 0) is 38.4 Å². The number of carbonyl (C=O) groups excluding carboxylic acids is 1. The standard InChI is InChI=1S/C23H33N5OS/c1-18-16-22(19-6-2-3-8-21(19)25-18)27-12-10-26(11-13-27)9-5-4-7-20(24)23(29)28-14-15-30-17-28/h2-3,6,8,16,20H,4-5,7,9-15,17,24H2,1H3. The van der Waals surface area contributed by atoms with Gasteiger partial charge in [0.05, 0.1) is 17.4 Å². The number of pyridine rings is 1. The maximum Gasteiger partial charge on any atom is 0.240 e. The number of carbonyl (C=O) groups is 1. The summed E-state index contributed by atoms with van der Waals surface area (Å²) in [5.41, 5.74) is 9.59. The van der Waals surface area contributed by atoms with Gasteiger partial charge in [-0.15, -0.1) is 11.8 Å². The molecule has 1 unspecified atom stereocenters. The van der Waals surface area contributed by atoms with E-state index in [0.29, 0.717) is 0 Å². The van der Waals surface area contributed by atoms with Crippen LogP contribution >= 0.6 is 11.8 Å². The largest absolute Gasteiger partial charge is 0.368 e. The molecule has 1 amide bonds. The zero-order chi connectivity index (χ0) is 20.9. The van der Waals surface area contributed by atoms with Crippen LogP contribution in [0.4, 0.5) is 5.69 Å². The summed E-state index contributed by atoms with van der Waals surface area (Å²) in [6.45, 7) is 8.25. The molecule has 0 bridgehead atoms. The molecule has 2 aliphatic rings. The highest BCUT2D eigenvalue weighted by Crippen LogP contribution is 2.27. The van der Waals surface area contributed by atoms with Gasteiger partial charge in [0.15, 0.2) is 0 Å². The van der Waals surface area contributed by atoms with Crippen molar-refractivity contribution in [3.05, 3.63) is 36.0 Å². The SMILES string of the molecule is Cc1cc(N2CCN(CCCCC(N)C(=O)N3CCSC3)CC2)c2ccccc2n1. The summed E-state index contributed by atoms with van der Waals surface area (Å²) in [6.07, 6.45) is 2.91. The van der Waals surface area contributed by atoms with Crippen molar-refractivity contribution in [2.75, 3.05) is 55.8 Å². The number of aryl methyl sites for hydroxylation is 1. The molecule has 7 heteroatoms. The Morgan fingerprint density at radius 2 is 1.97 bits per heavy atom. The van der Waals surface area contributed by atoms with Crippen molar-refractivity contribution in [3.63, 3.8) is 0 Å². The van der Waals surface area contributed by atoms with E-state index in [-0.39, 0.29) is 11.9 Å². The number of unbranched alkanes of at least 4 members (excludes halogenated alkanes) is 1. The third-order valence-corrected chi connectivity index (χ3v) is 7.12. The van der Waals surface area contributed by atoms with Gasteiger partial charge in [-0.2, -0.15) is 0 Å². The Kier molecular flexibility index (Phi) is 7.12. The first-order valence-corrected chi connectivity index (χ1v) is 12.2. The summed E-state index contributed by atoms with van der Waals surface area (Å²) >= 11 is 1.81. The average Bonchev–Trinajstić information content (AvgIpc) is 3.31. The number of hydrogen-bond donors (Lipinski definition) is 1. The highest BCUT2D eigenvalue weighted by Gasteiger charge is 2.24. The predicted molar refractivity (Wildman–Crippen MR) is 126 cm³/mol. The number of benzene rings is 1.